The van der Waals surface area contributed by atoms with Crippen LogP contribution in [0.3, 0.4) is 0 Å². The van der Waals surface area contributed by atoms with Gasteiger partial charge in [-0.2, -0.15) is 8.78 Å². The Morgan fingerprint density at radius 2 is 1.45 bits per heavy atom. The second kappa shape index (κ2) is 11.8. The summed E-state index contributed by atoms with van der Waals surface area (Å²) in [6, 6.07) is 21.7. The first-order valence-electron chi connectivity index (χ1n) is 9.85. The van der Waals surface area contributed by atoms with E-state index in [2.05, 4.69) is 10.6 Å². The standard InChI is InChI=1S/C24H20F2N2O4S/c25-24(26)33-19-14-8-7-13-18(19)27-20(29)15-32-23(31)21(16-9-3-1-4-10-16)28-22(30)17-11-5-2-6-12-17/h1-14,21,24H,15H2,(H,27,29)(H,28,30). The van der Waals surface area contributed by atoms with Crippen LogP contribution in [-0.4, -0.2) is 30.1 Å². The molecule has 170 valence electrons. The Balaban J connectivity index is 1.66. The number of hydrogen-bond acceptors (Lipinski definition) is 5. The third kappa shape index (κ3) is 7.15. The normalized spacial score (nSPS) is 11.5. The fraction of sp³-hybridized carbons (Fsp3) is 0.125. The lowest BCUT2D eigenvalue weighted by Crippen LogP contribution is -2.36. The Labute approximate surface area is 193 Å². The van der Waals surface area contributed by atoms with Crippen molar-refractivity contribution < 1.29 is 27.9 Å². The number of rotatable bonds is 9. The van der Waals surface area contributed by atoms with Gasteiger partial charge in [0.05, 0.1) is 5.69 Å². The molecule has 0 saturated heterocycles. The second-order valence-corrected chi connectivity index (χ2v) is 7.75. The highest BCUT2D eigenvalue weighted by Gasteiger charge is 2.25. The Hall–Kier alpha value is -3.72. The molecule has 0 saturated carbocycles. The van der Waals surface area contributed by atoms with Gasteiger partial charge in [-0.15, -0.1) is 0 Å². The maximum atomic E-state index is 12.8. The molecule has 1 atom stereocenters. The number of halogens is 2. The molecule has 0 aliphatic heterocycles. The van der Waals surface area contributed by atoms with E-state index in [1.54, 1.807) is 72.8 Å². The summed E-state index contributed by atoms with van der Waals surface area (Å²) in [5.41, 5.74) is 1.02. The number of carbonyl (C=O) groups is 3. The molecule has 0 spiro atoms. The van der Waals surface area contributed by atoms with Crippen molar-refractivity contribution in [2.24, 2.45) is 0 Å². The molecular weight excluding hydrogens is 450 g/mol. The molecule has 0 bridgehead atoms. The summed E-state index contributed by atoms with van der Waals surface area (Å²) in [4.78, 5) is 37.8. The molecule has 9 heteroatoms. The highest BCUT2D eigenvalue weighted by molar-refractivity contribution is 7.99. The van der Waals surface area contributed by atoms with Gasteiger partial charge in [0.2, 0.25) is 0 Å². The zero-order chi connectivity index (χ0) is 23.6. The average molecular weight is 470 g/mol. The van der Waals surface area contributed by atoms with E-state index in [1.165, 1.54) is 12.1 Å². The lowest BCUT2D eigenvalue weighted by Gasteiger charge is -2.18. The van der Waals surface area contributed by atoms with Gasteiger partial charge in [-0.3, -0.25) is 9.59 Å². The molecule has 2 amide bonds. The van der Waals surface area contributed by atoms with Crippen LogP contribution in [0.15, 0.2) is 89.8 Å². The van der Waals surface area contributed by atoms with Crippen LogP contribution >= 0.6 is 11.8 Å². The van der Waals surface area contributed by atoms with Gasteiger partial charge in [-0.05, 0) is 29.8 Å². The highest BCUT2D eigenvalue weighted by atomic mass is 32.2. The number of hydrogen-bond donors (Lipinski definition) is 2. The molecule has 0 radical (unpaired) electrons. The number of alkyl halides is 2. The van der Waals surface area contributed by atoms with Gasteiger partial charge in [-0.25, -0.2) is 4.79 Å². The van der Waals surface area contributed by atoms with Crippen molar-refractivity contribution >= 4 is 35.2 Å². The van der Waals surface area contributed by atoms with Crippen LogP contribution in [0.4, 0.5) is 14.5 Å². The minimum Gasteiger partial charge on any atom is -0.454 e. The minimum atomic E-state index is -2.65. The van der Waals surface area contributed by atoms with Crippen molar-refractivity contribution in [2.75, 3.05) is 11.9 Å². The topological polar surface area (TPSA) is 84.5 Å². The van der Waals surface area contributed by atoms with E-state index in [9.17, 15) is 23.2 Å². The van der Waals surface area contributed by atoms with Crippen LogP contribution < -0.4 is 10.6 Å². The number of amides is 2. The highest BCUT2D eigenvalue weighted by Crippen LogP contribution is 2.31. The van der Waals surface area contributed by atoms with Crippen LogP contribution in [0, 0.1) is 0 Å². The Morgan fingerprint density at radius 1 is 0.848 bits per heavy atom. The molecule has 0 aromatic heterocycles. The van der Waals surface area contributed by atoms with E-state index in [4.69, 9.17) is 4.74 Å². The molecule has 3 rings (SSSR count). The molecule has 3 aromatic rings. The van der Waals surface area contributed by atoms with Crippen LogP contribution in [-0.2, 0) is 14.3 Å². The number of carbonyl (C=O) groups excluding carboxylic acids is 3. The van der Waals surface area contributed by atoms with E-state index in [1.807, 2.05) is 0 Å². The van der Waals surface area contributed by atoms with E-state index < -0.39 is 36.2 Å². The number of thioether (sulfide) groups is 1. The number of ether oxygens (including phenoxy) is 1. The monoisotopic (exact) mass is 470 g/mol. The first-order chi connectivity index (χ1) is 15.9. The molecular formula is C24H20F2N2O4S. The summed E-state index contributed by atoms with van der Waals surface area (Å²) in [6.45, 7) is -0.656. The second-order valence-electron chi connectivity index (χ2n) is 6.71. The van der Waals surface area contributed by atoms with Crippen LogP contribution in [0.5, 0.6) is 0 Å². The zero-order valence-electron chi connectivity index (χ0n) is 17.2. The first kappa shape index (κ1) is 23.9. The summed E-state index contributed by atoms with van der Waals surface area (Å²) in [5, 5.41) is 5.08. The predicted octanol–water partition coefficient (Wildman–Crippen LogP) is 4.65. The Morgan fingerprint density at radius 3 is 2.12 bits per heavy atom. The fourth-order valence-corrected chi connectivity index (χ4v) is 3.50. The van der Waals surface area contributed by atoms with Crippen molar-refractivity contribution in [3.8, 4) is 0 Å². The van der Waals surface area contributed by atoms with Crippen molar-refractivity contribution in [3.05, 3.63) is 96.1 Å². The van der Waals surface area contributed by atoms with Crippen molar-refractivity contribution in [3.63, 3.8) is 0 Å². The average Bonchev–Trinajstić information content (AvgIpc) is 2.83. The van der Waals surface area contributed by atoms with Crippen molar-refractivity contribution in [1.29, 1.82) is 0 Å². The van der Waals surface area contributed by atoms with E-state index in [-0.39, 0.29) is 10.6 Å². The summed E-state index contributed by atoms with van der Waals surface area (Å²) in [7, 11) is 0. The predicted molar refractivity (Wildman–Crippen MR) is 121 cm³/mol. The van der Waals surface area contributed by atoms with Gasteiger partial charge >= 0.3 is 5.97 Å². The maximum Gasteiger partial charge on any atom is 0.333 e. The maximum absolute atomic E-state index is 12.8. The van der Waals surface area contributed by atoms with Gasteiger partial charge in [0, 0.05) is 10.5 Å². The minimum absolute atomic E-state index is 0.181. The molecule has 0 heterocycles. The summed E-state index contributed by atoms with van der Waals surface area (Å²) >= 11 is 0.295. The van der Waals surface area contributed by atoms with Gasteiger partial charge < -0.3 is 15.4 Å². The molecule has 0 aliphatic carbocycles. The first-order valence-corrected chi connectivity index (χ1v) is 10.7. The lowest BCUT2D eigenvalue weighted by atomic mass is 10.1. The van der Waals surface area contributed by atoms with Gasteiger partial charge in [0.25, 0.3) is 17.6 Å². The van der Waals surface area contributed by atoms with E-state index >= 15 is 0 Å². The number of para-hydroxylation sites is 1. The molecule has 1 unspecified atom stereocenters. The summed E-state index contributed by atoms with van der Waals surface area (Å²) < 4.78 is 30.6. The fourth-order valence-electron chi connectivity index (χ4n) is 2.90. The molecule has 33 heavy (non-hydrogen) atoms. The van der Waals surface area contributed by atoms with Gasteiger partial charge in [0.1, 0.15) is 0 Å². The molecule has 0 fully saturated rings. The number of esters is 1. The zero-order valence-corrected chi connectivity index (χ0v) is 18.1. The van der Waals surface area contributed by atoms with Crippen LogP contribution in [0.2, 0.25) is 0 Å². The molecule has 6 nitrogen and oxygen atoms in total. The SMILES string of the molecule is O=C(COC(=O)C(NC(=O)c1ccccc1)c1ccccc1)Nc1ccccc1SC(F)F. The number of nitrogens with one attached hydrogen (secondary N) is 2. The van der Waals surface area contributed by atoms with Crippen LogP contribution in [0.25, 0.3) is 0 Å². The van der Waals surface area contributed by atoms with E-state index in [0.29, 0.717) is 22.9 Å². The summed E-state index contributed by atoms with van der Waals surface area (Å²) in [6.07, 6.45) is 0. The summed E-state index contributed by atoms with van der Waals surface area (Å²) in [5.74, 6) is -4.67. The van der Waals surface area contributed by atoms with Crippen molar-refractivity contribution in [1.82, 2.24) is 5.32 Å². The van der Waals surface area contributed by atoms with Gasteiger partial charge in [-0.1, -0.05) is 72.4 Å². The van der Waals surface area contributed by atoms with Crippen LogP contribution in [0.1, 0.15) is 22.0 Å². The molecule has 2 N–H and O–H groups in total. The largest absolute Gasteiger partial charge is 0.454 e. The number of anilines is 1. The lowest BCUT2D eigenvalue weighted by molar-refractivity contribution is -0.149. The molecule has 0 aliphatic rings. The third-order valence-corrected chi connectivity index (χ3v) is 5.19. The van der Waals surface area contributed by atoms with E-state index in [0.717, 1.165) is 0 Å². The third-order valence-electron chi connectivity index (χ3n) is 4.40. The Kier molecular flexibility index (Phi) is 8.54. The quantitative estimate of drug-likeness (QED) is 0.351. The Bertz CT molecular complexity index is 1100. The molecule has 3 aromatic carbocycles. The number of benzene rings is 3. The van der Waals surface area contributed by atoms with Crippen molar-refractivity contribution in [2.45, 2.75) is 16.7 Å². The van der Waals surface area contributed by atoms with Gasteiger partial charge in [0.15, 0.2) is 12.6 Å². The smallest absolute Gasteiger partial charge is 0.333 e.